The maximum absolute atomic E-state index is 11.3. The molecular weight excluding hydrogens is 328 g/mol. The summed E-state index contributed by atoms with van der Waals surface area (Å²) in [5.74, 6) is 0.931. The second-order valence-corrected chi connectivity index (χ2v) is 6.23. The van der Waals surface area contributed by atoms with E-state index in [4.69, 9.17) is 9.47 Å². The van der Waals surface area contributed by atoms with Crippen molar-refractivity contribution in [3.05, 3.63) is 57.1 Å². The van der Waals surface area contributed by atoms with E-state index in [2.05, 4.69) is 4.98 Å². The van der Waals surface area contributed by atoms with Crippen molar-refractivity contribution in [2.24, 2.45) is 0 Å². The molecule has 120 valence electrons. The quantitative estimate of drug-likeness (QED) is 0.529. The van der Waals surface area contributed by atoms with Crippen molar-refractivity contribution in [1.29, 1.82) is 0 Å². The van der Waals surface area contributed by atoms with Gasteiger partial charge in [0.15, 0.2) is 11.5 Å². The van der Waals surface area contributed by atoms with Crippen molar-refractivity contribution < 1.29 is 14.4 Å². The lowest BCUT2D eigenvalue weighted by molar-refractivity contribution is -0.385. The highest BCUT2D eigenvalue weighted by atomic mass is 32.1. The molecule has 6 nitrogen and oxygen atoms in total. The molecule has 7 heteroatoms. The summed E-state index contributed by atoms with van der Waals surface area (Å²) in [6.45, 7) is 0.830. The van der Waals surface area contributed by atoms with Crippen LogP contribution in [0.2, 0.25) is 0 Å². The van der Waals surface area contributed by atoms with Gasteiger partial charge in [-0.1, -0.05) is 12.1 Å². The molecule has 2 heterocycles. The van der Waals surface area contributed by atoms with Crippen molar-refractivity contribution in [2.45, 2.75) is 0 Å². The van der Waals surface area contributed by atoms with Crippen LogP contribution in [0.4, 0.5) is 5.69 Å². The van der Waals surface area contributed by atoms with Gasteiger partial charge in [-0.05, 0) is 30.4 Å². The highest BCUT2D eigenvalue weighted by Crippen LogP contribution is 2.37. The summed E-state index contributed by atoms with van der Waals surface area (Å²) in [6.07, 6.45) is 3.47. The fourth-order valence-electron chi connectivity index (χ4n) is 2.51. The Morgan fingerprint density at radius 3 is 2.62 bits per heavy atom. The highest BCUT2D eigenvalue weighted by molar-refractivity contribution is 7.19. The molecule has 0 fully saturated rings. The number of hydrogen-bond acceptors (Lipinski definition) is 6. The van der Waals surface area contributed by atoms with Gasteiger partial charge in [-0.15, -0.1) is 11.3 Å². The molecule has 1 aromatic heterocycles. The van der Waals surface area contributed by atoms with E-state index in [1.807, 2.05) is 24.3 Å². The molecule has 3 aromatic rings. The Kier molecular flexibility index (Phi) is 3.62. The van der Waals surface area contributed by atoms with Gasteiger partial charge in [-0.3, -0.25) is 10.1 Å². The van der Waals surface area contributed by atoms with Crippen LogP contribution < -0.4 is 9.47 Å². The van der Waals surface area contributed by atoms with Crippen LogP contribution >= 0.6 is 11.3 Å². The van der Waals surface area contributed by atoms with Gasteiger partial charge in [0.25, 0.3) is 5.69 Å². The van der Waals surface area contributed by atoms with E-state index in [0.29, 0.717) is 30.3 Å². The lowest BCUT2D eigenvalue weighted by Crippen LogP contribution is -2.15. The number of para-hydroxylation sites is 1. The summed E-state index contributed by atoms with van der Waals surface area (Å²) in [6, 6.07) is 10.9. The summed E-state index contributed by atoms with van der Waals surface area (Å²) in [5, 5.41) is 12.1. The third-order valence-electron chi connectivity index (χ3n) is 3.60. The Morgan fingerprint density at radius 2 is 1.88 bits per heavy atom. The number of thiazole rings is 1. The topological polar surface area (TPSA) is 74.5 Å². The maximum atomic E-state index is 11.3. The third-order valence-corrected chi connectivity index (χ3v) is 4.61. The minimum absolute atomic E-state index is 0.0170. The average molecular weight is 340 g/mol. The first-order valence-corrected chi connectivity index (χ1v) is 8.14. The molecular formula is C17H12N2O4S. The zero-order valence-corrected chi connectivity index (χ0v) is 13.3. The molecule has 0 saturated heterocycles. The fraction of sp³-hybridized carbons (Fsp3) is 0.118. The Balaban J connectivity index is 1.73. The molecule has 0 spiro atoms. The summed E-state index contributed by atoms with van der Waals surface area (Å²) in [7, 11) is 0. The summed E-state index contributed by atoms with van der Waals surface area (Å²) in [4.78, 5) is 15.4. The van der Waals surface area contributed by atoms with Crippen LogP contribution in [0, 0.1) is 10.1 Å². The lowest BCUT2D eigenvalue weighted by Gasteiger charge is -2.18. The van der Waals surface area contributed by atoms with Crippen LogP contribution in [0.5, 0.6) is 11.5 Å². The van der Waals surface area contributed by atoms with Gasteiger partial charge in [-0.2, -0.15) is 0 Å². The van der Waals surface area contributed by atoms with Crippen LogP contribution in [0.1, 0.15) is 10.6 Å². The predicted molar refractivity (Wildman–Crippen MR) is 92.6 cm³/mol. The molecule has 0 unspecified atom stereocenters. The average Bonchev–Trinajstić information content (AvgIpc) is 3.02. The molecule has 4 rings (SSSR count). The van der Waals surface area contributed by atoms with Crippen LogP contribution in [0.3, 0.4) is 0 Å². The Labute approximate surface area is 141 Å². The van der Waals surface area contributed by atoms with Crippen LogP contribution in [-0.4, -0.2) is 23.1 Å². The van der Waals surface area contributed by atoms with Gasteiger partial charge in [0.05, 0.1) is 26.8 Å². The number of hydrogen-bond donors (Lipinski definition) is 0. The minimum Gasteiger partial charge on any atom is -0.486 e. The monoisotopic (exact) mass is 340 g/mol. The first-order valence-electron chi connectivity index (χ1n) is 7.32. The highest BCUT2D eigenvalue weighted by Gasteiger charge is 2.20. The van der Waals surface area contributed by atoms with E-state index in [9.17, 15) is 10.1 Å². The molecule has 0 saturated carbocycles. The standard InChI is InChI=1S/C17H12N2O4S/c20-19(21)13-10-15-14(22-7-8-23-15)9-11(13)5-6-17-18-12-3-1-2-4-16(12)24-17/h1-6,9-10H,7-8H2. The van der Waals surface area contributed by atoms with Crippen molar-refractivity contribution in [2.75, 3.05) is 13.2 Å². The zero-order valence-electron chi connectivity index (χ0n) is 12.5. The van der Waals surface area contributed by atoms with E-state index >= 15 is 0 Å². The molecule has 1 aliphatic heterocycles. The largest absolute Gasteiger partial charge is 0.486 e. The van der Waals surface area contributed by atoms with Gasteiger partial charge >= 0.3 is 0 Å². The number of nitro groups is 1. The molecule has 1 aliphatic rings. The molecule has 24 heavy (non-hydrogen) atoms. The molecule has 2 aromatic carbocycles. The SMILES string of the molecule is O=[N+]([O-])c1cc2c(cc1C=Cc1nc3ccccc3s1)OCCO2. The number of aromatic nitrogens is 1. The zero-order chi connectivity index (χ0) is 16.5. The number of rotatable bonds is 3. The molecule has 0 aliphatic carbocycles. The summed E-state index contributed by atoms with van der Waals surface area (Å²) >= 11 is 1.54. The number of ether oxygens (including phenoxy) is 2. The van der Waals surface area contributed by atoms with Crippen LogP contribution in [0.15, 0.2) is 36.4 Å². The second kappa shape index (κ2) is 5.93. The smallest absolute Gasteiger partial charge is 0.280 e. The Bertz CT molecular complexity index is 931. The van der Waals surface area contributed by atoms with Crippen molar-refractivity contribution in [1.82, 2.24) is 4.98 Å². The normalized spacial score (nSPS) is 13.5. The Hall–Kier alpha value is -2.93. The van der Waals surface area contributed by atoms with E-state index in [-0.39, 0.29) is 5.69 Å². The second-order valence-electron chi connectivity index (χ2n) is 5.16. The summed E-state index contributed by atoms with van der Waals surface area (Å²) in [5.41, 5.74) is 1.36. The number of nitrogens with zero attached hydrogens (tertiary/aromatic N) is 2. The number of nitro benzene ring substituents is 1. The minimum atomic E-state index is -0.420. The molecule has 0 bridgehead atoms. The lowest BCUT2D eigenvalue weighted by atomic mass is 10.1. The van der Waals surface area contributed by atoms with Gasteiger partial charge in [-0.25, -0.2) is 4.98 Å². The van der Waals surface area contributed by atoms with E-state index in [0.717, 1.165) is 15.2 Å². The van der Waals surface area contributed by atoms with E-state index in [1.165, 1.54) is 17.4 Å². The maximum Gasteiger partial charge on any atom is 0.280 e. The van der Waals surface area contributed by atoms with Crippen molar-refractivity contribution in [3.63, 3.8) is 0 Å². The number of benzene rings is 2. The van der Waals surface area contributed by atoms with Crippen molar-refractivity contribution >= 4 is 39.4 Å². The number of fused-ring (bicyclic) bond motifs is 2. The Morgan fingerprint density at radius 1 is 1.12 bits per heavy atom. The third kappa shape index (κ3) is 2.69. The van der Waals surface area contributed by atoms with Crippen molar-refractivity contribution in [3.8, 4) is 11.5 Å². The molecule has 0 amide bonds. The van der Waals surface area contributed by atoms with Gasteiger partial charge in [0.1, 0.15) is 18.2 Å². The van der Waals surface area contributed by atoms with Gasteiger partial charge < -0.3 is 9.47 Å². The fourth-order valence-corrected chi connectivity index (χ4v) is 3.38. The van der Waals surface area contributed by atoms with Crippen LogP contribution in [-0.2, 0) is 0 Å². The predicted octanol–water partition coefficient (Wildman–Crippen LogP) is 4.15. The van der Waals surface area contributed by atoms with Crippen LogP contribution in [0.25, 0.3) is 22.4 Å². The first kappa shape index (κ1) is 14.6. The van der Waals surface area contributed by atoms with Gasteiger partial charge in [0.2, 0.25) is 0 Å². The molecule has 0 atom stereocenters. The molecule has 0 N–H and O–H groups in total. The van der Waals surface area contributed by atoms with E-state index < -0.39 is 4.92 Å². The van der Waals surface area contributed by atoms with Gasteiger partial charge in [0, 0.05) is 0 Å². The molecule has 0 radical (unpaired) electrons. The summed E-state index contributed by atoms with van der Waals surface area (Å²) < 4.78 is 12.0. The first-order chi connectivity index (χ1) is 11.7. The van der Waals surface area contributed by atoms with E-state index in [1.54, 1.807) is 18.2 Å².